The molecule has 12 nitrogen and oxygen atoms in total. The van der Waals surface area contributed by atoms with Crippen LogP contribution in [-0.4, -0.2) is 95.4 Å². The molecule has 0 aliphatic carbocycles. The number of unbranched alkanes of at least 4 members (excludes halogenated alkanes) is 44. The molecule has 1 fully saturated rings. The first kappa shape index (κ1) is 73.6. The minimum absolute atomic E-state index is 0.258. The van der Waals surface area contributed by atoms with Crippen molar-refractivity contribution in [3.05, 3.63) is 24.3 Å². The molecule has 6 N–H and O–H groups in total. The van der Waals surface area contributed by atoms with E-state index in [1.54, 1.807) is 6.08 Å². The second kappa shape index (κ2) is 53.9. The molecule has 1 aliphatic rings. The minimum Gasteiger partial charge on any atom is -0.394 e. The van der Waals surface area contributed by atoms with Crippen LogP contribution in [0.2, 0.25) is 0 Å². The quantitative estimate of drug-likeness (QED) is 0.0193. The van der Waals surface area contributed by atoms with Crippen LogP contribution in [-0.2, 0) is 28.9 Å². The van der Waals surface area contributed by atoms with E-state index in [4.69, 9.17) is 9.47 Å². The highest BCUT2D eigenvalue weighted by atomic mass is 32.3. The molecule has 1 rings (SSSR count). The second-order valence-electron chi connectivity index (χ2n) is 23.1. The van der Waals surface area contributed by atoms with E-state index in [2.05, 4.69) is 35.5 Å². The van der Waals surface area contributed by atoms with E-state index in [0.29, 0.717) is 6.42 Å². The molecular weight excluding hydrogens is 991 g/mol. The van der Waals surface area contributed by atoms with Crippen LogP contribution in [0, 0.1) is 0 Å². The van der Waals surface area contributed by atoms with E-state index >= 15 is 0 Å². The summed E-state index contributed by atoms with van der Waals surface area (Å²) in [5.41, 5.74) is 0. The fraction of sp³-hybridized carbons (Fsp3) is 0.922. The zero-order valence-electron chi connectivity index (χ0n) is 49.8. The zero-order valence-corrected chi connectivity index (χ0v) is 50.6. The number of carbonyl (C=O) groups excluding carboxylic acids is 1. The van der Waals surface area contributed by atoms with Crippen LogP contribution in [0.3, 0.4) is 0 Å². The number of aliphatic hydroxyl groups excluding tert-OH is 4. The molecule has 7 unspecified atom stereocenters. The van der Waals surface area contributed by atoms with Crippen molar-refractivity contribution in [1.82, 2.24) is 5.32 Å². The normalized spacial score (nSPS) is 19.0. The Kier molecular flexibility index (Phi) is 51.5. The molecule has 1 heterocycles. The summed E-state index contributed by atoms with van der Waals surface area (Å²) in [5.74, 6) is -0.258. The van der Waals surface area contributed by atoms with Crippen LogP contribution < -0.4 is 5.32 Å². The summed E-state index contributed by atoms with van der Waals surface area (Å²) in [5, 5.41) is 45.1. The highest BCUT2D eigenvalue weighted by molar-refractivity contribution is 7.80. The molecule has 0 radical (unpaired) electrons. The first-order valence-corrected chi connectivity index (χ1v) is 34.1. The van der Waals surface area contributed by atoms with Gasteiger partial charge in [0.2, 0.25) is 5.91 Å². The van der Waals surface area contributed by atoms with Gasteiger partial charge in [-0.15, -0.1) is 0 Å². The first-order chi connectivity index (χ1) is 37.5. The Balaban J connectivity index is 2.30. The van der Waals surface area contributed by atoms with Gasteiger partial charge in [0.1, 0.15) is 24.4 Å². The maximum atomic E-state index is 13.2. The molecule has 1 amide bonds. The highest BCUT2D eigenvalue weighted by Crippen LogP contribution is 2.26. The molecule has 1 aliphatic heterocycles. The molecule has 0 aromatic heterocycles. The van der Waals surface area contributed by atoms with Crippen molar-refractivity contribution in [3.8, 4) is 0 Å². The SMILES string of the molecule is CCCCCCCCCCCCCC/C=C\CCCCCCCCCCCCCC(=O)NC(COC1OC(CO)C(O)C(OS(=O)(=O)O)C1O)C(O)/C=C/CCCCCCCCCCCCCCCCCCCCCCC. The van der Waals surface area contributed by atoms with Crippen LogP contribution in [0.1, 0.15) is 322 Å². The monoisotopic (exact) mass is 1110 g/mol. The zero-order chi connectivity index (χ0) is 56.1. The number of carbonyl (C=O) groups is 1. The van der Waals surface area contributed by atoms with Gasteiger partial charge in [0.25, 0.3) is 0 Å². The molecule has 13 heteroatoms. The average Bonchev–Trinajstić information content (AvgIpc) is 3.41. The number of ether oxygens (including phenoxy) is 2. The molecule has 0 bridgehead atoms. The van der Waals surface area contributed by atoms with Crippen molar-refractivity contribution in [2.24, 2.45) is 0 Å². The smallest absolute Gasteiger partial charge is 0.394 e. The van der Waals surface area contributed by atoms with Crippen LogP contribution in [0.4, 0.5) is 0 Å². The van der Waals surface area contributed by atoms with Gasteiger partial charge in [-0.25, -0.2) is 4.18 Å². The van der Waals surface area contributed by atoms with Gasteiger partial charge in [0.05, 0.1) is 25.4 Å². The number of amides is 1. The van der Waals surface area contributed by atoms with E-state index in [0.717, 1.165) is 38.5 Å². The molecule has 0 spiro atoms. The predicted molar refractivity (Wildman–Crippen MR) is 319 cm³/mol. The molecule has 0 aromatic rings. The van der Waals surface area contributed by atoms with Crippen LogP contribution in [0.5, 0.6) is 0 Å². The van der Waals surface area contributed by atoms with Gasteiger partial charge in [-0.1, -0.05) is 295 Å². The van der Waals surface area contributed by atoms with Gasteiger partial charge in [0.15, 0.2) is 6.29 Å². The summed E-state index contributed by atoms with van der Waals surface area (Å²) in [4.78, 5) is 13.2. The Hall–Kier alpha value is -1.42. The van der Waals surface area contributed by atoms with E-state index in [-0.39, 0.29) is 18.9 Å². The Morgan fingerprint density at radius 2 is 0.831 bits per heavy atom. The molecule has 0 aromatic carbocycles. The fourth-order valence-electron chi connectivity index (χ4n) is 10.7. The maximum Gasteiger partial charge on any atom is 0.397 e. The Morgan fingerprint density at radius 1 is 0.506 bits per heavy atom. The fourth-order valence-corrected chi connectivity index (χ4v) is 11.2. The van der Waals surface area contributed by atoms with Gasteiger partial charge in [0, 0.05) is 6.42 Å². The van der Waals surface area contributed by atoms with Gasteiger partial charge < -0.3 is 35.2 Å². The Bertz CT molecular complexity index is 1450. The van der Waals surface area contributed by atoms with E-state index < -0.39 is 59.9 Å². The van der Waals surface area contributed by atoms with Gasteiger partial charge in [-0.3, -0.25) is 9.35 Å². The molecule has 1 saturated heterocycles. The lowest BCUT2D eigenvalue weighted by Gasteiger charge is -2.41. The number of hydrogen-bond donors (Lipinski definition) is 6. The van der Waals surface area contributed by atoms with Crippen molar-refractivity contribution >= 4 is 16.3 Å². The summed E-state index contributed by atoms with van der Waals surface area (Å²) < 4.78 is 48.0. The van der Waals surface area contributed by atoms with E-state index in [1.165, 1.54) is 257 Å². The molecule has 456 valence electrons. The molecular formula is C64H123NO11S. The summed E-state index contributed by atoms with van der Waals surface area (Å²) in [6.07, 6.45) is 59.5. The third kappa shape index (κ3) is 45.8. The summed E-state index contributed by atoms with van der Waals surface area (Å²) in [6, 6.07) is -0.944. The van der Waals surface area contributed by atoms with E-state index in [9.17, 15) is 38.2 Å². The molecule has 0 saturated carbocycles. The van der Waals surface area contributed by atoms with Crippen molar-refractivity contribution in [2.45, 2.75) is 365 Å². The topological polar surface area (TPSA) is 192 Å². The third-order valence-electron chi connectivity index (χ3n) is 15.7. The highest BCUT2D eigenvalue weighted by Gasteiger charge is 2.48. The number of aliphatic hydroxyl groups is 4. The lowest BCUT2D eigenvalue weighted by atomic mass is 9.99. The maximum absolute atomic E-state index is 13.2. The molecule has 7 atom stereocenters. The molecule has 77 heavy (non-hydrogen) atoms. The van der Waals surface area contributed by atoms with Crippen molar-refractivity contribution in [2.75, 3.05) is 13.2 Å². The van der Waals surface area contributed by atoms with Crippen molar-refractivity contribution in [3.63, 3.8) is 0 Å². The van der Waals surface area contributed by atoms with Gasteiger partial charge in [-0.2, -0.15) is 8.42 Å². The number of allylic oxidation sites excluding steroid dienone is 3. The van der Waals surface area contributed by atoms with Gasteiger partial charge >= 0.3 is 10.4 Å². The summed E-state index contributed by atoms with van der Waals surface area (Å²) in [7, 11) is -5.09. The average molecular weight is 1110 g/mol. The second-order valence-corrected chi connectivity index (χ2v) is 24.1. The van der Waals surface area contributed by atoms with Crippen LogP contribution >= 0.6 is 0 Å². The lowest BCUT2D eigenvalue weighted by Crippen LogP contribution is -2.61. The van der Waals surface area contributed by atoms with Crippen LogP contribution in [0.15, 0.2) is 24.3 Å². The van der Waals surface area contributed by atoms with Crippen LogP contribution in [0.25, 0.3) is 0 Å². The van der Waals surface area contributed by atoms with Crippen molar-refractivity contribution < 1.29 is 51.8 Å². The third-order valence-corrected chi connectivity index (χ3v) is 16.2. The predicted octanol–water partition coefficient (Wildman–Crippen LogP) is 16.4. The summed E-state index contributed by atoms with van der Waals surface area (Å²) in [6.45, 7) is 3.45. The lowest BCUT2D eigenvalue weighted by molar-refractivity contribution is -0.298. The standard InChI is InChI=1S/C64H123NO11S/c1-3-5-7-9-11-13-15-17-19-21-23-25-27-28-29-30-32-34-36-38-40-42-44-46-48-50-52-54-60(68)65-57(56-74-64-62(70)63(76-77(71,72)73)61(69)59(55-66)75-64)58(67)53-51-49-47-45-43-41-39-37-35-33-31-26-24-22-20-18-16-14-12-10-8-6-4-2/h28-29,51,53,57-59,61-64,66-67,69-70H,3-27,30-50,52,54-56H2,1-2H3,(H,65,68)(H,71,72,73)/b29-28-,53-51+. The largest absolute Gasteiger partial charge is 0.397 e. The first-order valence-electron chi connectivity index (χ1n) is 32.7. The van der Waals surface area contributed by atoms with Gasteiger partial charge in [-0.05, 0) is 44.9 Å². The Morgan fingerprint density at radius 3 is 1.17 bits per heavy atom. The number of hydrogen-bond acceptors (Lipinski definition) is 10. The number of nitrogens with one attached hydrogen (secondary N) is 1. The van der Waals surface area contributed by atoms with E-state index in [1.807, 2.05) is 6.08 Å². The van der Waals surface area contributed by atoms with Crippen molar-refractivity contribution in [1.29, 1.82) is 0 Å². The Labute approximate surface area is 473 Å². The summed E-state index contributed by atoms with van der Waals surface area (Å²) >= 11 is 0. The minimum atomic E-state index is -5.09. The number of rotatable bonds is 58.